The zero-order valence-corrected chi connectivity index (χ0v) is 16.0. The lowest BCUT2D eigenvalue weighted by atomic mass is 10.2. The lowest BCUT2D eigenvalue weighted by molar-refractivity contribution is -0.141. The molecule has 0 unspecified atom stereocenters. The molecule has 0 saturated carbocycles. The highest BCUT2D eigenvalue weighted by molar-refractivity contribution is 7.92. The van der Waals surface area contributed by atoms with Gasteiger partial charge in [-0.05, 0) is 37.1 Å². The van der Waals surface area contributed by atoms with Gasteiger partial charge in [0.2, 0.25) is 0 Å². The summed E-state index contributed by atoms with van der Waals surface area (Å²) in [7, 11) is -2.44. The van der Waals surface area contributed by atoms with E-state index >= 15 is 0 Å². The number of aryl methyl sites for hydroxylation is 1. The maximum atomic E-state index is 13.2. The van der Waals surface area contributed by atoms with E-state index in [1.54, 1.807) is 43.3 Å². The third kappa shape index (κ3) is 4.54. The first kappa shape index (κ1) is 19.8. The standard InChI is InChI=1S/C19H23NO5S/c1-4-12-25-19(21)14-20(18-13-16(24-3)11-10-15(18)2)26(22,23)17-8-6-5-7-9-17/h5-11,13H,4,12,14H2,1-3H3. The molecule has 0 aromatic heterocycles. The first-order chi connectivity index (χ1) is 12.4. The van der Waals surface area contributed by atoms with E-state index in [2.05, 4.69) is 0 Å². The molecule has 26 heavy (non-hydrogen) atoms. The third-order valence-electron chi connectivity index (χ3n) is 3.76. The molecule has 0 aliphatic rings. The molecule has 0 saturated heterocycles. The van der Waals surface area contributed by atoms with Gasteiger partial charge in [0.15, 0.2) is 0 Å². The van der Waals surface area contributed by atoms with Crippen LogP contribution in [0.15, 0.2) is 53.4 Å². The second kappa shape index (κ2) is 8.71. The minimum atomic E-state index is -3.94. The maximum Gasteiger partial charge on any atom is 0.326 e. The fourth-order valence-electron chi connectivity index (χ4n) is 2.38. The van der Waals surface area contributed by atoms with Gasteiger partial charge in [-0.1, -0.05) is 31.2 Å². The fourth-order valence-corrected chi connectivity index (χ4v) is 3.87. The molecule has 7 heteroatoms. The molecular formula is C19H23NO5S. The molecule has 2 rings (SSSR count). The van der Waals surface area contributed by atoms with Crippen LogP contribution < -0.4 is 9.04 Å². The molecular weight excluding hydrogens is 354 g/mol. The molecule has 0 N–H and O–H groups in total. The van der Waals surface area contributed by atoms with Crippen LogP contribution >= 0.6 is 0 Å². The van der Waals surface area contributed by atoms with Gasteiger partial charge in [0.1, 0.15) is 12.3 Å². The number of carbonyl (C=O) groups excluding carboxylic acids is 1. The Hall–Kier alpha value is -2.54. The van der Waals surface area contributed by atoms with Crippen molar-refractivity contribution >= 4 is 21.7 Å². The largest absolute Gasteiger partial charge is 0.497 e. The minimum Gasteiger partial charge on any atom is -0.497 e. The fraction of sp³-hybridized carbons (Fsp3) is 0.316. The van der Waals surface area contributed by atoms with E-state index in [1.807, 2.05) is 6.92 Å². The van der Waals surface area contributed by atoms with Crippen molar-refractivity contribution in [3.63, 3.8) is 0 Å². The number of hydrogen-bond acceptors (Lipinski definition) is 5. The Bertz CT molecular complexity index is 849. The normalized spacial score (nSPS) is 11.0. The summed E-state index contributed by atoms with van der Waals surface area (Å²) >= 11 is 0. The number of rotatable bonds is 8. The van der Waals surface area contributed by atoms with Crippen LogP contribution in [0.25, 0.3) is 0 Å². The van der Waals surface area contributed by atoms with Gasteiger partial charge < -0.3 is 9.47 Å². The van der Waals surface area contributed by atoms with Crippen molar-refractivity contribution in [2.75, 3.05) is 24.6 Å². The number of hydrogen-bond donors (Lipinski definition) is 0. The minimum absolute atomic E-state index is 0.102. The Balaban J connectivity index is 2.51. The van der Waals surface area contributed by atoms with Crippen molar-refractivity contribution in [3.05, 3.63) is 54.1 Å². The predicted octanol–water partition coefficient (Wildman–Crippen LogP) is 3.15. The Morgan fingerprint density at radius 2 is 1.81 bits per heavy atom. The molecule has 0 radical (unpaired) electrons. The first-order valence-corrected chi connectivity index (χ1v) is 9.72. The highest BCUT2D eigenvalue weighted by Gasteiger charge is 2.29. The van der Waals surface area contributed by atoms with Crippen molar-refractivity contribution in [2.24, 2.45) is 0 Å². The number of methoxy groups -OCH3 is 1. The first-order valence-electron chi connectivity index (χ1n) is 8.28. The van der Waals surface area contributed by atoms with Crippen LogP contribution in [0.5, 0.6) is 5.75 Å². The van der Waals surface area contributed by atoms with E-state index in [-0.39, 0.29) is 11.5 Å². The molecule has 140 valence electrons. The Morgan fingerprint density at radius 3 is 2.42 bits per heavy atom. The topological polar surface area (TPSA) is 72.9 Å². The number of sulfonamides is 1. The lowest BCUT2D eigenvalue weighted by Crippen LogP contribution is -2.37. The molecule has 0 amide bonds. The van der Waals surface area contributed by atoms with Crippen molar-refractivity contribution in [1.82, 2.24) is 0 Å². The van der Waals surface area contributed by atoms with E-state index in [0.717, 1.165) is 4.31 Å². The number of benzene rings is 2. The Labute approximate surface area is 154 Å². The summed E-state index contributed by atoms with van der Waals surface area (Å²) in [4.78, 5) is 12.3. The van der Waals surface area contributed by atoms with Crippen LogP contribution in [-0.4, -0.2) is 34.6 Å². The zero-order chi connectivity index (χ0) is 19.2. The van der Waals surface area contributed by atoms with Gasteiger partial charge >= 0.3 is 5.97 Å². The van der Waals surface area contributed by atoms with Gasteiger partial charge in [-0.3, -0.25) is 9.10 Å². The molecule has 0 bridgehead atoms. The van der Waals surface area contributed by atoms with Crippen LogP contribution in [0.4, 0.5) is 5.69 Å². The van der Waals surface area contributed by atoms with Crippen molar-refractivity contribution < 1.29 is 22.7 Å². The van der Waals surface area contributed by atoms with Crippen molar-refractivity contribution in [1.29, 1.82) is 0 Å². The average Bonchev–Trinajstić information content (AvgIpc) is 2.65. The van der Waals surface area contributed by atoms with Crippen LogP contribution in [0, 0.1) is 6.92 Å². The lowest BCUT2D eigenvalue weighted by Gasteiger charge is -2.25. The van der Waals surface area contributed by atoms with Gasteiger partial charge in [0.05, 0.1) is 24.3 Å². The number of anilines is 1. The zero-order valence-electron chi connectivity index (χ0n) is 15.1. The third-order valence-corrected chi connectivity index (χ3v) is 5.53. The molecule has 2 aromatic carbocycles. The van der Waals surface area contributed by atoms with Crippen molar-refractivity contribution in [2.45, 2.75) is 25.2 Å². The molecule has 0 heterocycles. The molecule has 6 nitrogen and oxygen atoms in total. The molecule has 0 aliphatic heterocycles. The van der Waals surface area contributed by atoms with Crippen LogP contribution in [0.2, 0.25) is 0 Å². The van der Waals surface area contributed by atoms with E-state index in [9.17, 15) is 13.2 Å². The molecule has 2 aromatic rings. The number of ether oxygens (including phenoxy) is 2. The summed E-state index contributed by atoms with van der Waals surface area (Å²) in [5, 5.41) is 0. The Morgan fingerprint density at radius 1 is 1.12 bits per heavy atom. The number of carbonyl (C=O) groups is 1. The second-order valence-corrected chi connectivity index (χ2v) is 7.56. The SMILES string of the molecule is CCCOC(=O)CN(c1cc(OC)ccc1C)S(=O)(=O)c1ccccc1. The number of nitrogens with zero attached hydrogens (tertiary/aromatic N) is 1. The quantitative estimate of drug-likeness (QED) is 0.661. The Kier molecular flexibility index (Phi) is 6.63. The van der Waals surface area contributed by atoms with Gasteiger partial charge in [-0.15, -0.1) is 0 Å². The van der Waals surface area contributed by atoms with Gasteiger partial charge in [-0.2, -0.15) is 0 Å². The average molecular weight is 377 g/mol. The van der Waals surface area contributed by atoms with E-state index < -0.39 is 22.5 Å². The molecule has 0 aliphatic carbocycles. The summed E-state index contributed by atoms with van der Waals surface area (Å²) in [6.07, 6.45) is 0.662. The van der Waals surface area contributed by atoms with Crippen LogP contribution in [0.1, 0.15) is 18.9 Å². The summed E-state index contributed by atoms with van der Waals surface area (Å²) in [5.41, 5.74) is 1.08. The number of esters is 1. The highest BCUT2D eigenvalue weighted by atomic mass is 32.2. The second-order valence-electron chi connectivity index (χ2n) is 5.70. The summed E-state index contributed by atoms with van der Waals surface area (Å²) in [5.74, 6) is -0.102. The predicted molar refractivity (Wildman–Crippen MR) is 100.0 cm³/mol. The smallest absolute Gasteiger partial charge is 0.326 e. The van der Waals surface area contributed by atoms with Crippen LogP contribution in [0.3, 0.4) is 0 Å². The van der Waals surface area contributed by atoms with E-state index in [0.29, 0.717) is 23.4 Å². The summed E-state index contributed by atoms with van der Waals surface area (Å²) < 4.78 is 37.7. The summed E-state index contributed by atoms with van der Waals surface area (Å²) in [6, 6.07) is 13.1. The van der Waals surface area contributed by atoms with Gasteiger partial charge in [0, 0.05) is 6.07 Å². The maximum absolute atomic E-state index is 13.2. The van der Waals surface area contributed by atoms with E-state index in [1.165, 1.54) is 19.2 Å². The van der Waals surface area contributed by atoms with E-state index in [4.69, 9.17) is 9.47 Å². The highest BCUT2D eigenvalue weighted by Crippen LogP contribution is 2.30. The monoisotopic (exact) mass is 377 g/mol. The molecule has 0 fully saturated rings. The molecule has 0 atom stereocenters. The van der Waals surface area contributed by atoms with Gasteiger partial charge in [0.25, 0.3) is 10.0 Å². The van der Waals surface area contributed by atoms with Crippen LogP contribution in [-0.2, 0) is 19.6 Å². The molecule has 0 spiro atoms. The van der Waals surface area contributed by atoms with Gasteiger partial charge in [-0.25, -0.2) is 8.42 Å². The van der Waals surface area contributed by atoms with Crippen molar-refractivity contribution in [3.8, 4) is 5.75 Å². The summed E-state index contributed by atoms with van der Waals surface area (Å²) in [6.45, 7) is 3.48.